The van der Waals surface area contributed by atoms with Gasteiger partial charge in [0.2, 0.25) is 0 Å². The quantitative estimate of drug-likeness (QED) is 0.550. The summed E-state index contributed by atoms with van der Waals surface area (Å²) in [6, 6.07) is 21.2. The van der Waals surface area contributed by atoms with Gasteiger partial charge < -0.3 is 4.74 Å². The number of rotatable bonds is 4. The SMILES string of the molecule is COc1cccc(-c2cc3cccnc3n2S(=O)(=O)c2ccccc2)c1. The van der Waals surface area contributed by atoms with Crippen molar-refractivity contribution in [1.29, 1.82) is 0 Å². The Morgan fingerprint density at radius 3 is 2.50 bits per heavy atom. The van der Waals surface area contributed by atoms with Crippen LogP contribution in [0.25, 0.3) is 22.3 Å². The summed E-state index contributed by atoms with van der Waals surface area (Å²) in [4.78, 5) is 4.53. The summed E-state index contributed by atoms with van der Waals surface area (Å²) < 4.78 is 33.3. The van der Waals surface area contributed by atoms with Crippen LogP contribution in [0.3, 0.4) is 0 Å². The predicted molar refractivity (Wildman–Crippen MR) is 101 cm³/mol. The molecule has 0 aliphatic carbocycles. The molecule has 0 aliphatic heterocycles. The molecule has 26 heavy (non-hydrogen) atoms. The maximum atomic E-state index is 13.3. The molecule has 0 radical (unpaired) electrons. The fourth-order valence-electron chi connectivity index (χ4n) is 2.94. The second-order valence-electron chi connectivity index (χ2n) is 5.76. The first-order valence-electron chi connectivity index (χ1n) is 8.03. The van der Waals surface area contributed by atoms with Crippen LogP contribution >= 0.6 is 0 Å². The van der Waals surface area contributed by atoms with Crippen molar-refractivity contribution >= 4 is 21.1 Å². The van der Waals surface area contributed by atoms with Gasteiger partial charge in [0.1, 0.15) is 5.75 Å². The van der Waals surface area contributed by atoms with Crippen molar-refractivity contribution in [3.63, 3.8) is 0 Å². The van der Waals surface area contributed by atoms with Crippen LogP contribution in [0.5, 0.6) is 5.75 Å². The lowest BCUT2D eigenvalue weighted by Gasteiger charge is -2.12. The van der Waals surface area contributed by atoms with Crippen molar-refractivity contribution in [2.75, 3.05) is 7.11 Å². The largest absolute Gasteiger partial charge is 0.497 e. The van der Waals surface area contributed by atoms with Gasteiger partial charge in [-0.1, -0.05) is 30.3 Å². The van der Waals surface area contributed by atoms with Crippen LogP contribution in [0.2, 0.25) is 0 Å². The molecule has 130 valence electrons. The second-order valence-corrected chi connectivity index (χ2v) is 7.55. The summed E-state index contributed by atoms with van der Waals surface area (Å²) in [5.74, 6) is 0.657. The molecule has 0 atom stereocenters. The molecule has 6 heteroatoms. The van der Waals surface area contributed by atoms with Crippen LogP contribution in [0.4, 0.5) is 0 Å². The van der Waals surface area contributed by atoms with Gasteiger partial charge in [-0.25, -0.2) is 17.4 Å². The maximum Gasteiger partial charge on any atom is 0.269 e. The van der Waals surface area contributed by atoms with E-state index in [0.717, 1.165) is 10.9 Å². The zero-order valence-corrected chi connectivity index (χ0v) is 14.8. The molecule has 0 bridgehead atoms. The van der Waals surface area contributed by atoms with Gasteiger partial charge in [-0.3, -0.25) is 0 Å². The van der Waals surface area contributed by atoms with Gasteiger partial charge in [0.15, 0.2) is 5.65 Å². The summed E-state index contributed by atoms with van der Waals surface area (Å²) in [6.07, 6.45) is 1.59. The molecule has 0 unspecified atom stereocenters. The minimum atomic E-state index is -3.81. The van der Waals surface area contributed by atoms with Gasteiger partial charge in [0, 0.05) is 17.1 Å². The van der Waals surface area contributed by atoms with E-state index in [4.69, 9.17) is 4.74 Å². The summed E-state index contributed by atoms with van der Waals surface area (Å²) in [6.45, 7) is 0. The number of methoxy groups -OCH3 is 1. The number of aromatic nitrogens is 2. The minimum absolute atomic E-state index is 0.215. The van der Waals surface area contributed by atoms with E-state index in [1.54, 1.807) is 49.7 Å². The molecule has 0 amide bonds. The van der Waals surface area contributed by atoms with E-state index >= 15 is 0 Å². The molecule has 2 aromatic carbocycles. The number of fused-ring (bicyclic) bond motifs is 1. The van der Waals surface area contributed by atoms with Crippen molar-refractivity contribution in [2.24, 2.45) is 0 Å². The molecule has 0 aliphatic rings. The van der Waals surface area contributed by atoms with E-state index in [-0.39, 0.29) is 4.90 Å². The third kappa shape index (κ3) is 2.64. The maximum absolute atomic E-state index is 13.3. The normalized spacial score (nSPS) is 11.6. The Labute approximate surface area is 151 Å². The van der Waals surface area contributed by atoms with Crippen LogP contribution in [0.15, 0.2) is 83.9 Å². The van der Waals surface area contributed by atoms with E-state index in [1.807, 2.05) is 36.4 Å². The molecule has 5 nitrogen and oxygen atoms in total. The smallest absolute Gasteiger partial charge is 0.269 e. The van der Waals surface area contributed by atoms with Gasteiger partial charge >= 0.3 is 0 Å². The highest BCUT2D eigenvalue weighted by atomic mass is 32.2. The lowest BCUT2D eigenvalue weighted by atomic mass is 10.1. The highest BCUT2D eigenvalue weighted by Gasteiger charge is 2.24. The summed E-state index contributed by atoms with van der Waals surface area (Å²) in [7, 11) is -2.23. The van der Waals surface area contributed by atoms with Crippen molar-refractivity contribution in [3.8, 4) is 17.0 Å². The van der Waals surface area contributed by atoms with Gasteiger partial charge in [-0.2, -0.15) is 0 Å². The first kappa shape index (κ1) is 16.4. The van der Waals surface area contributed by atoms with E-state index in [0.29, 0.717) is 17.1 Å². The Morgan fingerprint density at radius 2 is 1.73 bits per heavy atom. The standard InChI is InChI=1S/C20H16N2O3S/c1-25-17-9-5-7-15(13-17)19-14-16-8-6-12-21-20(16)22(19)26(23,24)18-10-3-2-4-11-18/h2-14H,1H3. The summed E-state index contributed by atoms with van der Waals surface area (Å²) >= 11 is 0. The Balaban J connectivity index is 2.05. The first-order valence-corrected chi connectivity index (χ1v) is 9.47. The van der Waals surface area contributed by atoms with E-state index < -0.39 is 10.0 Å². The highest BCUT2D eigenvalue weighted by Crippen LogP contribution is 2.32. The van der Waals surface area contributed by atoms with Crippen LogP contribution in [0.1, 0.15) is 0 Å². The third-order valence-corrected chi connectivity index (χ3v) is 5.89. The molecule has 0 saturated carbocycles. The average Bonchev–Trinajstić information content (AvgIpc) is 3.09. The molecule has 0 N–H and O–H groups in total. The van der Waals surface area contributed by atoms with Crippen molar-refractivity contribution < 1.29 is 13.2 Å². The van der Waals surface area contributed by atoms with Crippen LogP contribution in [0, 0.1) is 0 Å². The van der Waals surface area contributed by atoms with Crippen molar-refractivity contribution in [3.05, 3.63) is 79.0 Å². The Bertz CT molecular complexity index is 1180. The van der Waals surface area contributed by atoms with E-state index in [2.05, 4.69) is 4.98 Å². The van der Waals surface area contributed by atoms with Crippen LogP contribution in [-0.4, -0.2) is 24.5 Å². The third-order valence-electron chi connectivity index (χ3n) is 4.17. The number of benzene rings is 2. The molecule has 2 aromatic heterocycles. The van der Waals surface area contributed by atoms with E-state index in [9.17, 15) is 8.42 Å². The molecule has 0 fully saturated rings. The molecule has 4 aromatic rings. The van der Waals surface area contributed by atoms with E-state index in [1.165, 1.54) is 3.97 Å². The lowest BCUT2D eigenvalue weighted by Crippen LogP contribution is -2.14. The Morgan fingerprint density at radius 1 is 0.923 bits per heavy atom. The minimum Gasteiger partial charge on any atom is -0.497 e. The van der Waals surface area contributed by atoms with Crippen molar-refractivity contribution in [2.45, 2.75) is 4.90 Å². The van der Waals surface area contributed by atoms with Gasteiger partial charge in [0.25, 0.3) is 10.0 Å². The number of ether oxygens (including phenoxy) is 1. The molecule has 2 heterocycles. The molecular weight excluding hydrogens is 348 g/mol. The monoisotopic (exact) mass is 364 g/mol. The zero-order valence-electron chi connectivity index (χ0n) is 14.0. The molecular formula is C20H16N2O3S. The summed E-state index contributed by atoms with van der Waals surface area (Å²) in [5.41, 5.74) is 1.68. The predicted octanol–water partition coefficient (Wildman–Crippen LogP) is 3.95. The van der Waals surface area contributed by atoms with Gasteiger partial charge in [0.05, 0.1) is 17.7 Å². The Kier molecular flexibility index (Phi) is 3.97. The van der Waals surface area contributed by atoms with Crippen molar-refractivity contribution in [1.82, 2.24) is 8.96 Å². The number of pyridine rings is 1. The topological polar surface area (TPSA) is 61.2 Å². The first-order chi connectivity index (χ1) is 12.6. The number of nitrogens with zero attached hydrogens (tertiary/aromatic N) is 2. The van der Waals surface area contributed by atoms with Gasteiger partial charge in [-0.15, -0.1) is 0 Å². The summed E-state index contributed by atoms with van der Waals surface area (Å²) in [5, 5.41) is 0.754. The molecule has 4 rings (SSSR count). The second kappa shape index (κ2) is 6.31. The lowest BCUT2D eigenvalue weighted by molar-refractivity contribution is 0.415. The Hall–Kier alpha value is -3.12. The molecule has 0 spiro atoms. The zero-order chi connectivity index (χ0) is 18.1. The van der Waals surface area contributed by atoms with Gasteiger partial charge in [-0.05, 0) is 42.5 Å². The fourth-order valence-corrected chi connectivity index (χ4v) is 4.45. The van der Waals surface area contributed by atoms with Crippen LogP contribution in [-0.2, 0) is 10.0 Å². The highest BCUT2D eigenvalue weighted by molar-refractivity contribution is 7.90. The van der Waals surface area contributed by atoms with Crippen LogP contribution < -0.4 is 4.74 Å². The molecule has 0 saturated heterocycles. The number of hydrogen-bond acceptors (Lipinski definition) is 4. The number of hydrogen-bond donors (Lipinski definition) is 0. The fraction of sp³-hybridized carbons (Fsp3) is 0.0500. The average molecular weight is 364 g/mol.